The van der Waals surface area contributed by atoms with Gasteiger partial charge in [0.25, 0.3) is 0 Å². The minimum Gasteiger partial charge on any atom is -0.299 e. The third-order valence-corrected chi connectivity index (χ3v) is 5.31. The minimum atomic E-state index is 0.402. The number of rotatable bonds is 3. The van der Waals surface area contributed by atoms with Crippen molar-refractivity contribution in [2.75, 3.05) is 0 Å². The summed E-state index contributed by atoms with van der Waals surface area (Å²) in [5.74, 6) is 2.79. The van der Waals surface area contributed by atoms with Crippen molar-refractivity contribution in [1.82, 2.24) is 0 Å². The molecule has 0 aromatic heterocycles. The van der Waals surface area contributed by atoms with Crippen LogP contribution in [0.2, 0.25) is 0 Å². The van der Waals surface area contributed by atoms with Crippen molar-refractivity contribution in [3.63, 3.8) is 0 Å². The molecule has 15 heavy (non-hydrogen) atoms. The zero-order valence-corrected chi connectivity index (χ0v) is 9.80. The molecule has 0 saturated heterocycles. The predicted octanol–water partition coefficient (Wildman–Crippen LogP) is 3.57. The van der Waals surface area contributed by atoms with Crippen molar-refractivity contribution in [3.05, 3.63) is 0 Å². The number of carbonyl (C=O) groups is 1. The lowest BCUT2D eigenvalue weighted by atomic mass is 9.66. The molecule has 1 nitrogen and oxygen atoms in total. The van der Waals surface area contributed by atoms with Gasteiger partial charge in [-0.25, -0.2) is 0 Å². The molecule has 0 radical (unpaired) electrons. The first-order valence-electron chi connectivity index (χ1n) is 6.69. The molecule has 3 rings (SSSR count). The lowest BCUT2D eigenvalue weighted by molar-refractivity contribution is -0.127. The molecule has 0 heterocycles. The van der Waals surface area contributed by atoms with Gasteiger partial charge in [-0.3, -0.25) is 4.79 Å². The Morgan fingerprint density at radius 1 is 1.27 bits per heavy atom. The maximum absolute atomic E-state index is 12.2. The van der Waals surface area contributed by atoms with Crippen LogP contribution in [0.1, 0.15) is 58.3 Å². The summed E-state index contributed by atoms with van der Waals surface area (Å²) < 4.78 is 0. The average molecular weight is 206 g/mol. The van der Waals surface area contributed by atoms with Crippen molar-refractivity contribution >= 4 is 5.78 Å². The number of fused-ring (bicyclic) bond motifs is 2. The fraction of sp³-hybridized carbons (Fsp3) is 0.929. The van der Waals surface area contributed by atoms with Gasteiger partial charge < -0.3 is 0 Å². The van der Waals surface area contributed by atoms with Gasteiger partial charge in [-0.2, -0.15) is 0 Å². The van der Waals surface area contributed by atoms with Gasteiger partial charge in [0, 0.05) is 12.3 Å². The second kappa shape index (κ2) is 3.33. The van der Waals surface area contributed by atoms with E-state index in [1.165, 1.54) is 44.9 Å². The molecule has 3 aliphatic rings. The van der Waals surface area contributed by atoms with Crippen LogP contribution in [-0.2, 0) is 4.79 Å². The lowest BCUT2D eigenvalue weighted by Gasteiger charge is -2.39. The molecule has 1 heteroatoms. The van der Waals surface area contributed by atoms with Gasteiger partial charge in [0.1, 0.15) is 5.78 Å². The fourth-order valence-electron chi connectivity index (χ4n) is 4.15. The zero-order chi connectivity index (χ0) is 10.5. The molecule has 3 aliphatic carbocycles. The van der Waals surface area contributed by atoms with E-state index in [2.05, 4.69) is 6.92 Å². The molecule has 0 aromatic rings. The largest absolute Gasteiger partial charge is 0.299 e. The number of Topliss-reactive ketones (excluding diaryl/α,β-unsaturated/α-hetero) is 1. The molecule has 84 valence electrons. The topological polar surface area (TPSA) is 17.1 Å². The smallest absolute Gasteiger partial charge is 0.136 e. The highest BCUT2D eigenvalue weighted by atomic mass is 16.1. The summed E-state index contributed by atoms with van der Waals surface area (Å²) in [7, 11) is 0. The monoisotopic (exact) mass is 206 g/mol. The molecule has 0 aliphatic heterocycles. The minimum absolute atomic E-state index is 0.402. The first-order valence-corrected chi connectivity index (χ1v) is 6.69. The Morgan fingerprint density at radius 3 is 2.53 bits per heavy atom. The number of ketones is 1. The van der Waals surface area contributed by atoms with Crippen molar-refractivity contribution < 1.29 is 4.79 Å². The standard InChI is InChI=1S/C14H22O/c1-14(5-2-6-14)9-13(15)12-8-10-3-4-11(12)7-10/h10-12H,2-9H2,1H3. The molecule has 2 bridgehead atoms. The Labute approximate surface area is 92.6 Å². The van der Waals surface area contributed by atoms with E-state index in [9.17, 15) is 4.79 Å². The van der Waals surface area contributed by atoms with Gasteiger partial charge in [-0.15, -0.1) is 0 Å². The first kappa shape index (κ1) is 9.86. The van der Waals surface area contributed by atoms with Crippen molar-refractivity contribution in [2.24, 2.45) is 23.2 Å². The summed E-state index contributed by atoms with van der Waals surface area (Å²) in [6.45, 7) is 2.31. The summed E-state index contributed by atoms with van der Waals surface area (Å²) in [5.41, 5.74) is 0.402. The Hall–Kier alpha value is -0.330. The summed E-state index contributed by atoms with van der Waals surface area (Å²) in [6, 6.07) is 0. The molecule has 3 saturated carbocycles. The highest BCUT2D eigenvalue weighted by Crippen LogP contribution is 2.51. The maximum Gasteiger partial charge on any atom is 0.136 e. The SMILES string of the molecule is CC1(CC(=O)C2CC3CCC2C3)CCC1. The highest BCUT2D eigenvalue weighted by Gasteiger charge is 2.45. The molecule has 0 amide bonds. The zero-order valence-electron chi connectivity index (χ0n) is 9.80. The maximum atomic E-state index is 12.2. The van der Waals surface area contributed by atoms with E-state index in [-0.39, 0.29) is 0 Å². The second-order valence-corrected chi connectivity index (χ2v) is 6.59. The molecule has 3 unspecified atom stereocenters. The molecular formula is C14H22O. The third kappa shape index (κ3) is 1.64. The summed E-state index contributed by atoms with van der Waals surface area (Å²) >= 11 is 0. The van der Waals surface area contributed by atoms with E-state index in [4.69, 9.17) is 0 Å². The Morgan fingerprint density at radius 2 is 2.07 bits per heavy atom. The van der Waals surface area contributed by atoms with Crippen molar-refractivity contribution in [1.29, 1.82) is 0 Å². The number of carbonyl (C=O) groups excluding carboxylic acids is 1. The summed E-state index contributed by atoms with van der Waals surface area (Å²) in [6.07, 6.45) is 10.2. The van der Waals surface area contributed by atoms with Gasteiger partial charge in [-0.05, 0) is 49.4 Å². The van der Waals surface area contributed by atoms with Gasteiger partial charge in [0.05, 0.1) is 0 Å². The quantitative estimate of drug-likeness (QED) is 0.690. The molecule has 0 spiro atoms. The molecule has 3 fully saturated rings. The van der Waals surface area contributed by atoms with E-state index in [1.54, 1.807) is 0 Å². The van der Waals surface area contributed by atoms with E-state index in [1.807, 2.05) is 0 Å². The molecular weight excluding hydrogens is 184 g/mol. The molecule has 0 N–H and O–H groups in total. The van der Waals surface area contributed by atoms with Crippen molar-refractivity contribution in [2.45, 2.75) is 58.3 Å². The summed E-state index contributed by atoms with van der Waals surface area (Å²) in [5, 5.41) is 0. The summed E-state index contributed by atoms with van der Waals surface area (Å²) in [4.78, 5) is 12.2. The first-order chi connectivity index (χ1) is 7.16. The van der Waals surface area contributed by atoms with Crippen LogP contribution in [0.5, 0.6) is 0 Å². The van der Waals surface area contributed by atoms with Gasteiger partial charge >= 0.3 is 0 Å². The van der Waals surface area contributed by atoms with Crippen LogP contribution in [0.4, 0.5) is 0 Å². The lowest BCUT2D eigenvalue weighted by Crippen LogP contribution is -2.32. The van der Waals surface area contributed by atoms with Gasteiger partial charge in [0.15, 0.2) is 0 Å². The van der Waals surface area contributed by atoms with Crippen LogP contribution in [0.3, 0.4) is 0 Å². The van der Waals surface area contributed by atoms with E-state index in [0.29, 0.717) is 17.1 Å². The fourth-order valence-corrected chi connectivity index (χ4v) is 4.15. The molecule has 3 atom stereocenters. The predicted molar refractivity (Wildman–Crippen MR) is 60.5 cm³/mol. The normalized spacial score (nSPS) is 41.5. The van der Waals surface area contributed by atoms with Crippen LogP contribution in [0.25, 0.3) is 0 Å². The number of hydrogen-bond acceptors (Lipinski definition) is 1. The number of hydrogen-bond donors (Lipinski definition) is 0. The van der Waals surface area contributed by atoms with E-state index in [0.717, 1.165) is 18.3 Å². The van der Waals surface area contributed by atoms with Gasteiger partial charge in [0.2, 0.25) is 0 Å². The van der Waals surface area contributed by atoms with Crippen LogP contribution in [0, 0.1) is 23.2 Å². The third-order valence-electron chi connectivity index (χ3n) is 5.31. The Kier molecular flexibility index (Phi) is 2.19. The van der Waals surface area contributed by atoms with E-state index < -0.39 is 0 Å². The second-order valence-electron chi connectivity index (χ2n) is 6.59. The van der Waals surface area contributed by atoms with Gasteiger partial charge in [-0.1, -0.05) is 19.8 Å². The van der Waals surface area contributed by atoms with Crippen molar-refractivity contribution in [3.8, 4) is 0 Å². The van der Waals surface area contributed by atoms with Crippen LogP contribution in [0.15, 0.2) is 0 Å². The average Bonchev–Trinajstić information content (AvgIpc) is 2.75. The van der Waals surface area contributed by atoms with Crippen LogP contribution >= 0.6 is 0 Å². The van der Waals surface area contributed by atoms with E-state index >= 15 is 0 Å². The van der Waals surface area contributed by atoms with Crippen LogP contribution < -0.4 is 0 Å². The van der Waals surface area contributed by atoms with Crippen LogP contribution in [-0.4, -0.2) is 5.78 Å². The Bertz CT molecular complexity index is 277. The molecule has 0 aromatic carbocycles. The Balaban J connectivity index is 1.60. The highest BCUT2D eigenvalue weighted by molar-refractivity contribution is 5.82.